The van der Waals surface area contributed by atoms with Crippen LogP contribution in [0.3, 0.4) is 0 Å². The molecule has 0 saturated heterocycles. The van der Waals surface area contributed by atoms with Crippen molar-refractivity contribution in [3.63, 3.8) is 0 Å². The second-order valence-electron chi connectivity index (χ2n) is 7.61. The number of nitrogens with two attached hydrogens (primary N) is 1. The van der Waals surface area contributed by atoms with Gasteiger partial charge in [0, 0.05) is 23.0 Å². The lowest BCUT2D eigenvalue weighted by Crippen LogP contribution is -2.12. The van der Waals surface area contributed by atoms with Crippen LogP contribution in [-0.2, 0) is 22.2 Å². The molecule has 1 atom stereocenters. The number of aliphatic hydroxyl groups is 1. The van der Waals surface area contributed by atoms with Crippen LogP contribution in [0.2, 0.25) is 5.02 Å². The number of carbonyl (C=O) groups is 1. The Balaban J connectivity index is 1.71. The predicted molar refractivity (Wildman–Crippen MR) is 128 cm³/mol. The molecular formula is C21H20ClN5O5S2. The molecule has 3 aromatic heterocycles. The number of nitrogens with zero attached hydrogens (tertiary/aromatic N) is 4. The Labute approximate surface area is 203 Å². The number of hydrogen-bond acceptors (Lipinski definition) is 9. The number of sulfone groups is 1. The number of fused-ring (bicyclic) bond motifs is 1. The Hall–Kier alpha value is -3.06. The van der Waals surface area contributed by atoms with Gasteiger partial charge in [0.1, 0.15) is 16.8 Å². The van der Waals surface area contributed by atoms with Gasteiger partial charge in [-0.25, -0.2) is 13.4 Å². The Morgan fingerprint density at radius 1 is 1.32 bits per heavy atom. The Kier molecular flexibility index (Phi) is 6.58. The summed E-state index contributed by atoms with van der Waals surface area (Å²) < 4.78 is 30.9. The largest absolute Gasteiger partial charge is 0.469 e. The van der Waals surface area contributed by atoms with E-state index in [9.17, 15) is 18.3 Å². The summed E-state index contributed by atoms with van der Waals surface area (Å²) in [4.78, 5) is 25.1. The molecule has 0 aliphatic heterocycles. The smallest absolute Gasteiger partial charge is 0.264 e. The molecule has 0 fully saturated rings. The third-order valence-electron chi connectivity index (χ3n) is 4.87. The third kappa shape index (κ3) is 5.04. The van der Waals surface area contributed by atoms with Crippen LogP contribution in [0.5, 0.6) is 5.88 Å². The molecule has 1 amide bonds. The highest BCUT2D eigenvalue weighted by Crippen LogP contribution is 2.36. The van der Waals surface area contributed by atoms with E-state index in [2.05, 4.69) is 15.0 Å². The summed E-state index contributed by atoms with van der Waals surface area (Å²) in [6.07, 6.45) is 5.13. The molecule has 1 aromatic carbocycles. The van der Waals surface area contributed by atoms with Crippen LogP contribution in [0, 0.1) is 0 Å². The van der Waals surface area contributed by atoms with E-state index in [1.807, 2.05) is 0 Å². The zero-order valence-electron chi connectivity index (χ0n) is 18.1. The molecular weight excluding hydrogens is 502 g/mol. The second-order valence-corrected chi connectivity index (χ2v) is 11.2. The number of hydrogen-bond donors (Lipinski definition) is 2. The van der Waals surface area contributed by atoms with Crippen molar-refractivity contribution in [1.29, 1.82) is 0 Å². The highest BCUT2D eigenvalue weighted by molar-refractivity contribution is 7.89. The quantitative estimate of drug-likeness (QED) is 0.359. The number of imidazole rings is 1. The highest BCUT2D eigenvalue weighted by Gasteiger charge is 2.23. The van der Waals surface area contributed by atoms with Crippen molar-refractivity contribution in [3.8, 4) is 16.6 Å². The standard InChI is InChI=1S/C21H20ClN5O5S2/c1-11(14-4-3-12(9-28)5-15(14)22)32-20-18(19(23)29)33-21(26-20)16-6-25-17-7-24-13(8-27(16)17)10-34(2,30)31/h3-8,11,28H,9-10H2,1-2H3,(H2,23,29)/t11-/m1/s1. The van der Waals surface area contributed by atoms with Gasteiger partial charge in [-0.2, -0.15) is 4.98 Å². The number of primary amides is 1. The average Bonchev–Trinajstić information content (AvgIpc) is 3.36. The first-order chi connectivity index (χ1) is 16.1. The first kappa shape index (κ1) is 24.1. The summed E-state index contributed by atoms with van der Waals surface area (Å²) in [6.45, 7) is 1.61. The van der Waals surface area contributed by atoms with Crippen LogP contribution in [0.15, 0.2) is 36.8 Å². The van der Waals surface area contributed by atoms with Crippen molar-refractivity contribution in [2.75, 3.05) is 6.26 Å². The van der Waals surface area contributed by atoms with Gasteiger partial charge in [-0.15, -0.1) is 11.3 Å². The van der Waals surface area contributed by atoms with E-state index in [0.29, 0.717) is 38.2 Å². The van der Waals surface area contributed by atoms with E-state index in [0.717, 1.165) is 17.6 Å². The van der Waals surface area contributed by atoms with Crippen LogP contribution < -0.4 is 10.5 Å². The molecule has 3 heterocycles. The Bertz CT molecular complexity index is 1500. The minimum Gasteiger partial charge on any atom is -0.469 e. The first-order valence-electron chi connectivity index (χ1n) is 9.92. The van der Waals surface area contributed by atoms with E-state index < -0.39 is 21.8 Å². The molecule has 13 heteroatoms. The number of benzene rings is 1. The van der Waals surface area contributed by atoms with Crippen molar-refractivity contribution < 1.29 is 23.1 Å². The van der Waals surface area contributed by atoms with Gasteiger partial charge in [0.05, 0.1) is 30.4 Å². The summed E-state index contributed by atoms with van der Waals surface area (Å²) in [6, 6.07) is 5.10. The molecule has 4 aromatic rings. The molecule has 3 N–H and O–H groups in total. The molecule has 0 aliphatic carbocycles. The summed E-state index contributed by atoms with van der Waals surface area (Å²) in [5.41, 5.74) is 8.22. The summed E-state index contributed by atoms with van der Waals surface area (Å²) in [5, 5.41) is 10.1. The van der Waals surface area contributed by atoms with Crippen molar-refractivity contribution in [2.24, 2.45) is 5.73 Å². The van der Waals surface area contributed by atoms with Crippen molar-refractivity contribution in [3.05, 3.63) is 63.5 Å². The molecule has 4 rings (SSSR count). The lowest BCUT2D eigenvalue weighted by Gasteiger charge is -2.15. The van der Waals surface area contributed by atoms with Crippen LogP contribution in [0.1, 0.15) is 39.5 Å². The fraction of sp³-hybridized carbons (Fsp3) is 0.238. The number of ether oxygens (including phenoxy) is 1. The van der Waals surface area contributed by atoms with Crippen LogP contribution >= 0.6 is 22.9 Å². The zero-order valence-corrected chi connectivity index (χ0v) is 20.5. The zero-order chi connectivity index (χ0) is 24.6. The van der Waals surface area contributed by atoms with Gasteiger partial charge in [-0.05, 0) is 18.6 Å². The second kappa shape index (κ2) is 9.29. The highest BCUT2D eigenvalue weighted by atomic mass is 35.5. The molecule has 0 saturated carbocycles. The minimum atomic E-state index is -3.28. The maximum Gasteiger partial charge on any atom is 0.264 e. The lowest BCUT2D eigenvalue weighted by molar-refractivity contribution is 0.0997. The third-order valence-corrected chi connectivity index (χ3v) is 7.09. The van der Waals surface area contributed by atoms with Crippen LogP contribution in [-0.4, -0.2) is 45.0 Å². The van der Waals surface area contributed by atoms with Crippen molar-refractivity contribution >= 4 is 44.3 Å². The minimum absolute atomic E-state index is 0.0441. The lowest BCUT2D eigenvalue weighted by atomic mass is 10.1. The molecule has 0 radical (unpaired) electrons. The fourth-order valence-electron chi connectivity index (χ4n) is 3.31. The van der Waals surface area contributed by atoms with Gasteiger partial charge in [0.2, 0.25) is 5.88 Å². The number of halogens is 1. The number of aliphatic hydroxyl groups excluding tert-OH is 1. The Morgan fingerprint density at radius 2 is 2.09 bits per heavy atom. The van der Waals surface area contributed by atoms with Gasteiger partial charge in [0.25, 0.3) is 5.91 Å². The maximum absolute atomic E-state index is 12.1. The van der Waals surface area contributed by atoms with Gasteiger partial charge in [-0.3, -0.25) is 14.2 Å². The van der Waals surface area contributed by atoms with Gasteiger partial charge < -0.3 is 15.6 Å². The topological polar surface area (TPSA) is 150 Å². The van der Waals surface area contributed by atoms with E-state index in [1.165, 1.54) is 6.20 Å². The monoisotopic (exact) mass is 521 g/mol. The molecule has 34 heavy (non-hydrogen) atoms. The molecule has 178 valence electrons. The number of thiazole rings is 1. The summed E-state index contributed by atoms with van der Waals surface area (Å²) >= 11 is 7.35. The van der Waals surface area contributed by atoms with Crippen molar-refractivity contribution in [1.82, 2.24) is 19.4 Å². The molecule has 0 spiro atoms. The Morgan fingerprint density at radius 3 is 2.74 bits per heavy atom. The molecule has 0 aliphatic rings. The summed E-state index contributed by atoms with van der Waals surface area (Å²) in [5.74, 6) is -0.893. The van der Waals surface area contributed by atoms with E-state index in [4.69, 9.17) is 22.1 Å². The number of carbonyl (C=O) groups excluding carboxylic acids is 1. The van der Waals surface area contributed by atoms with Gasteiger partial charge >= 0.3 is 0 Å². The molecule has 10 nitrogen and oxygen atoms in total. The number of aromatic nitrogens is 4. The van der Waals surface area contributed by atoms with Crippen LogP contribution in [0.25, 0.3) is 16.3 Å². The SMILES string of the molecule is C[C@@H](Oc1nc(-c2cnc3cnc(CS(C)(=O)=O)cn23)sc1C(N)=O)c1ccc(CO)cc1Cl. The summed E-state index contributed by atoms with van der Waals surface area (Å²) in [7, 11) is -3.28. The van der Waals surface area contributed by atoms with Gasteiger partial charge in [-0.1, -0.05) is 23.7 Å². The number of rotatable bonds is 8. The normalized spacial score (nSPS) is 12.7. The maximum atomic E-state index is 12.1. The predicted octanol–water partition coefficient (Wildman–Crippen LogP) is 2.78. The van der Waals surface area contributed by atoms with E-state index >= 15 is 0 Å². The van der Waals surface area contributed by atoms with Crippen LogP contribution in [0.4, 0.5) is 0 Å². The van der Waals surface area contributed by atoms with E-state index in [-0.39, 0.29) is 23.1 Å². The fourth-order valence-corrected chi connectivity index (χ4v) is 5.21. The van der Waals surface area contributed by atoms with Crippen molar-refractivity contribution in [2.45, 2.75) is 25.4 Å². The first-order valence-corrected chi connectivity index (χ1v) is 13.2. The average molecular weight is 522 g/mol. The molecule has 0 unspecified atom stereocenters. The molecule has 0 bridgehead atoms. The van der Waals surface area contributed by atoms with Gasteiger partial charge in [0.15, 0.2) is 20.4 Å². The van der Waals surface area contributed by atoms with E-state index in [1.54, 1.807) is 41.9 Å². The number of amides is 1.